The number of rotatable bonds is 5. The zero-order valence-corrected chi connectivity index (χ0v) is 16.6. The number of esters is 1. The quantitative estimate of drug-likeness (QED) is 0.540. The zero-order chi connectivity index (χ0) is 18.7. The minimum absolute atomic E-state index is 0.259. The maximum Gasteiger partial charge on any atom is 0.341 e. The maximum atomic E-state index is 12.6. The topological polar surface area (TPSA) is 55.4 Å². The average Bonchev–Trinajstić information content (AvgIpc) is 3.22. The third-order valence-electron chi connectivity index (χ3n) is 3.68. The lowest BCUT2D eigenvalue weighted by atomic mass is 10.1. The molecule has 3 aromatic rings. The molecule has 0 fully saturated rings. The number of ether oxygens (including phenoxy) is 1. The highest BCUT2D eigenvalue weighted by Gasteiger charge is 2.26. The number of hydrogen-bond donors (Lipinski definition) is 1. The summed E-state index contributed by atoms with van der Waals surface area (Å²) in [6.45, 7) is 3.94. The molecule has 134 valence electrons. The second-order valence-corrected chi connectivity index (χ2v) is 7.95. The number of benzene rings is 1. The molecule has 0 bridgehead atoms. The van der Waals surface area contributed by atoms with Gasteiger partial charge in [-0.05, 0) is 37.4 Å². The molecule has 0 aliphatic rings. The number of halogens is 1. The van der Waals surface area contributed by atoms with Gasteiger partial charge < -0.3 is 10.1 Å². The van der Waals surface area contributed by atoms with E-state index >= 15 is 0 Å². The van der Waals surface area contributed by atoms with Gasteiger partial charge in [0.1, 0.15) is 10.6 Å². The van der Waals surface area contributed by atoms with E-state index in [1.807, 2.05) is 24.4 Å². The molecule has 4 nitrogen and oxygen atoms in total. The molecule has 0 aliphatic carbocycles. The summed E-state index contributed by atoms with van der Waals surface area (Å²) >= 11 is 9.00. The summed E-state index contributed by atoms with van der Waals surface area (Å²) in [4.78, 5) is 27.1. The molecule has 0 saturated heterocycles. The van der Waals surface area contributed by atoms with Crippen molar-refractivity contribution in [2.24, 2.45) is 0 Å². The minimum Gasteiger partial charge on any atom is -0.462 e. The largest absolute Gasteiger partial charge is 0.462 e. The van der Waals surface area contributed by atoms with Gasteiger partial charge in [0, 0.05) is 15.3 Å². The molecular formula is C19H16ClNO3S2. The second kappa shape index (κ2) is 8.03. The van der Waals surface area contributed by atoms with Crippen molar-refractivity contribution in [2.45, 2.75) is 13.8 Å². The van der Waals surface area contributed by atoms with Gasteiger partial charge in [-0.15, -0.1) is 22.7 Å². The van der Waals surface area contributed by atoms with E-state index in [0.717, 1.165) is 15.3 Å². The first kappa shape index (κ1) is 18.6. The Kier molecular flexibility index (Phi) is 5.76. The maximum absolute atomic E-state index is 12.6. The van der Waals surface area contributed by atoms with Crippen LogP contribution < -0.4 is 5.32 Å². The monoisotopic (exact) mass is 405 g/mol. The molecule has 2 aromatic heterocycles. The van der Waals surface area contributed by atoms with Crippen molar-refractivity contribution in [1.29, 1.82) is 0 Å². The van der Waals surface area contributed by atoms with Crippen LogP contribution >= 0.6 is 34.3 Å². The fraction of sp³-hybridized carbons (Fsp3) is 0.158. The van der Waals surface area contributed by atoms with Gasteiger partial charge in [0.25, 0.3) is 5.91 Å². The molecule has 2 heterocycles. The number of nitrogens with one attached hydrogen (secondary N) is 1. The number of aryl methyl sites for hydroxylation is 1. The third kappa shape index (κ3) is 3.67. The lowest BCUT2D eigenvalue weighted by Crippen LogP contribution is -2.15. The first-order valence-corrected chi connectivity index (χ1v) is 10.0. The normalized spacial score (nSPS) is 10.6. The molecule has 0 aliphatic heterocycles. The van der Waals surface area contributed by atoms with Crippen LogP contribution in [0, 0.1) is 6.92 Å². The van der Waals surface area contributed by atoms with Gasteiger partial charge in [0.2, 0.25) is 0 Å². The van der Waals surface area contributed by atoms with E-state index in [2.05, 4.69) is 5.32 Å². The Bertz CT molecular complexity index is 948. The van der Waals surface area contributed by atoms with Crippen LogP contribution in [-0.4, -0.2) is 18.5 Å². The van der Waals surface area contributed by atoms with Crippen molar-refractivity contribution >= 4 is 51.2 Å². The van der Waals surface area contributed by atoms with E-state index in [0.29, 0.717) is 21.2 Å². The zero-order valence-electron chi connectivity index (χ0n) is 14.2. The van der Waals surface area contributed by atoms with E-state index in [-0.39, 0.29) is 12.5 Å². The Balaban J connectivity index is 2.04. The van der Waals surface area contributed by atoms with Gasteiger partial charge in [0.15, 0.2) is 0 Å². The lowest BCUT2D eigenvalue weighted by Gasteiger charge is -2.09. The standard InChI is InChI=1S/C19H16ClNO3S2/c1-3-24-19(23)16-15(14-9-6-10-25-14)11(2)26-18(16)21-17(22)12-7-4-5-8-13(12)20/h4-10H,3H2,1-2H3,(H,21,22). The summed E-state index contributed by atoms with van der Waals surface area (Å²) < 4.78 is 5.23. The first-order valence-electron chi connectivity index (χ1n) is 7.93. The molecule has 3 rings (SSSR count). The molecule has 0 radical (unpaired) electrons. The third-order valence-corrected chi connectivity index (χ3v) is 5.91. The SMILES string of the molecule is CCOC(=O)c1c(NC(=O)c2ccccc2Cl)sc(C)c1-c1cccs1. The number of anilines is 1. The van der Waals surface area contributed by atoms with Crippen molar-refractivity contribution in [3.05, 3.63) is 62.8 Å². The molecular weight excluding hydrogens is 390 g/mol. The van der Waals surface area contributed by atoms with Crippen molar-refractivity contribution < 1.29 is 14.3 Å². The molecule has 1 amide bonds. The molecule has 0 atom stereocenters. The Labute approximate surface area is 164 Å². The number of carbonyl (C=O) groups excluding carboxylic acids is 2. The molecule has 7 heteroatoms. The second-order valence-electron chi connectivity index (χ2n) is 5.37. The number of amides is 1. The van der Waals surface area contributed by atoms with E-state index in [9.17, 15) is 9.59 Å². The molecule has 0 unspecified atom stereocenters. The fourth-order valence-electron chi connectivity index (χ4n) is 2.56. The van der Waals surface area contributed by atoms with Crippen molar-refractivity contribution in [3.63, 3.8) is 0 Å². The van der Waals surface area contributed by atoms with E-state index in [4.69, 9.17) is 16.3 Å². The fourth-order valence-corrected chi connectivity index (χ4v) is 4.74. The van der Waals surface area contributed by atoms with Gasteiger partial charge in [0.05, 0.1) is 17.2 Å². The Morgan fingerprint density at radius 2 is 1.96 bits per heavy atom. The summed E-state index contributed by atoms with van der Waals surface area (Å²) in [6.07, 6.45) is 0. The molecule has 0 saturated carbocycles. The van der Waals surface area contributed by atoms with E-state index < -0.39 is 5.97 Å². The number of thiophene rings is 2. The van der Waals surface area contributed by atoms with E-state index in [1.165, 1.54) is 22.7 Å². The minimum atomic E-state index is -0.449. The highest BCUT2D eigenvalue weighted by molar-refractivity contribution is 7.18. The van der Waals surface area contributed by atoms with Gasteiger partial charge in [-0.3, -0.25) is 4.79 Å². The van der Waals surface area contributed by atoms with Crippen LogP contribution in [0.1, 0.15) is 32.5 Å². The highest BCUT2D eigenvalue weighted by atomic mass is 35.5. The Morgan fingerprint density at radius 1 is 1.19 bits per heavy atom. The van der Waals surface area contributed by atoms with Crippen LogP contribution in [0.25, 0.3) is 10.4 Å². The average molecular weight is 406 g/mol. The number of carbonyl (C=O) groups is 2. The highest BCUT2D eigenvalue weighted by Crippen LogP contribution is 2.42. The summed E-state index contributed by atoms with van der Waals surface area (Å²) in [5.74, 6) is -0.810. The van der Waals surface area contributed by atoms with Crippen molar-refractivity contribution in [1.82, 2.24) is 0 Å². The van der Waals surface area contributed by atoms with Crippen LogP contribution in [0.5, 0.6) is 0 Å². The predicted octanol–water partition coefficient (Wildman–Crippen LogP) is 5.87. The van der Waals surface area contributed by atoms with Gasteiger partial charge >= 0.3 is 5.97 Å². The summed E-state index contributed by atoms with van der Waals surface area (Å²) in [5, 5.41) is 5.60. The number of hydrogen-bond acceptors (Lipinski definition) is 5. The van der Waals surface area contributed by atoms with Crippen LogP contribution in [0.3, 0.4) is 0 Å². The smallest absolute Gasteiger partial charge is 0.341 e. The Morgan fingerprint density at radius 3 is 2.62 bits per heavy atom. The van der Waals surface area contributed by atoms with Crippen LogP contribution in [-0.2, 0) is 4.74 Å². The predicted molar refractivity (Wildman–Crippen MR) is 108 cm³/mol. The van der Waals surface area contributed by atoms with Gasteiger partial charge in [-0.1, -0.05) is 29.8 Å². The molecule has 0 spiro atoms. The lowest BCUT2D eigenvalue weighted by molar-refractivity contribution is 0.0529. The molecule has 1 N–H and O–H groups in total. The summed E-state index contributed by atoms with van der Waals surface area (Å²) in [5.41, 5.74) is 1.54. The molecule has 1 aromatic carbocycles. The first-order chi connectivity index (χ1) is 12.5. The van der Waals surface area contributed by atoms with Gasteiger partial charge in [-0.2, -0.15) is 0 Å². The van der Waals surface area contributed by atoms with Crippen molar-refractivity contribution in [3.8, 4) is 10.4 Å². The molecule has 26 heavy (non-hydrogen) atoms. The van der Waals surface area contributed by atoms with Gasteiger partial charge in [-0.25, -0.2) is 4.79 Å². The van der Waals surface area contributed by atoms with Crippen LogP contribution in [0.4, 0.5) is 5.00 Å². The van der Waals surface area contributed by atoms with Crippen LogP contribution in [0.2, 0.25) is 5.02 Å². The summed E-state index contributed by atoms with van der Waals surface area (Å²) in [6, 6.07) is 10.7. The summed E-state index contributed by atoms with van der Waals surface area (Å²) in [7, 11) is 0. The van der Waals surface area contributed by atoms with Crippen LogP contribution in [0.15, 0.2) is 41.8 Å². The van der Waals surface area contributed by atoms with E-state index in [1.54, 1.807) is 31.2 Å². The van der Waals surface area contributed by atoms with Crippen molar-refractivity contribution in [2.75, 3.05) is 11.9 Å². The Hall–Kier alpha value is -2.15.